The number of rotatable bonds is 4. The van der Waals surface area contributed by atoms with Gasteiger partial charge >= 0.3 is 0 Å². The molecular formula is C13H28N2. The second-order valence-corrected chi connectivity index (χ2v) is 5.88. The Bertz CT molecular complexity index is 187. The molecule has 90 valence electrons. The van der Waals surface area contributed by atoms with E-state index in [2.05, 4.69) is 44.8 Å². The Morgan fingerprint density at radius 3 is 2.60 bits per heavy atom. The van der Waals surface area contributed by atoms with Gasteiger partial charge < -0.3 is 5.32 Å². The van der Waals surface area contributed by atoms with Crippen LogP contribution in [0.25, 0.3) is 0 Å². The number of nitrogens with zero attached hydrogens (tertiary/aromatic N) is 1. The van der Waals surface area contributed by atoms with Gasteiger partial charge in [0.15, 0.2) is 0 Å². The number of piperazine rings is 1. The molecule has 1 aliphatic heterocycles. The van der Waals surface area contributed by atoms with E-state index in [0.717, 1.165) is 18.5 Å². The van der Waals surface area contributed by atoms with Crippen LogP contribution in [0.4, 0.5) is 0 Å². The quantitative estimate of drug-likeness (QED) is 0.769. The normalized spacial score (nSPS) is 24.8. The predicted octanol–water partition coefficient (Wildman–Crippen LogP) is 2.35. The van der Waals surface area contributed by atoms with Crippen LogP contribution in [0.5, 0.6) is 0 Å². The Labute approximate surface area is 95.4 Å². The maximum atomic E-state index is 3.49. The van der Waals surface area contributed by atoms with Crippen LogP contribution < -0.4 is 5.32 Å². The Kier molecular flexibility index (Phi) is 4.60. The molecule has 1 atom stereocenters. The van der Waals surface area contributed by atoms with Gasteiger partial charge in [-0.25, -0.2) is 0 Å². The van der Waals surface area contributed by atoms with E-state index in [1.54, 1.807) is 0 Å². The smallest absolute Gasteiger partial charge is 0.0218 e. The number of hydrogen-bond acceptors (Lipinski definition) is 2. The molecule has 1 saturated heterocycles. The first-order valence-corrected chi connectivity index (χ1v) is 6.42. The minimum absolute atomic E-state index is 0.435. The molecule has 15 heavy (non-hydrogen) atoms. The van der Waals surface area contributed by atoms with E-state index in [4.69, 9.17) is 0 Å². The fourth-order valence-electron chi connectivity index (χ4n) is 2.12. The molecule has 0 aromatic heterocycles. The van der Waals surface area contributed by atoms with Crippen molar-refractivity contribution in [2.75, 3.05) is 26.2 Å². The highest BCUT2D eigenvalue weighted by atomic mass is 15.2. The van der Waals surface area contributed by atoms with Crippen LogP contribution in [0.15, 0.2) is 0 Å². The monoisotopic (exact) mass is 212 g/mol. The molecule has 0 spiro atoms. The lowest BCUT2D eigenvalue weighted by Gasteiger charge is -2.42. The summed E-state index contributed by atoms with van der Waals surface area (Å²) >= 11 is 0. The third-order valence-corrected chi connectivity index (χ3v) is 4.12. The second kappa shape index (κ2) is 5.31. The molecule has 1 unspecified atom stereocenters. The van der Waals surface area contributed by atoms with E-state index in [1.165, 1.54) is 26.1 Å². The van der Waals surface area contributed by atoms with Gasteiger partial charge in [0.05, 0.1) is 0 Å². The standard InChI is InChI=1S/C13H28N2/c1-6-12-9-14-7-8-15(12)10-13(4,5)11(2)3/h11-12,14H,6-10H2,1-5H3. The minimum atomic E-state index is 0.435. The van der Waals surface area contributed by atoms with Gasteiger partial charge in [0.1, 0.15) is 0 Å². The van der Waals surface area contributed by atoms with Crippen LogP contribution in [0.1, 0.15) is 41.0 Å². The lowest BCUT2D eigenvalue weighted by atomic mass is 9.80. The highest BCUT2D eigenvalue weighted by Gasteiger charge is 2.29. The molecule has 0 aromatic rings. The average molecular weight is 212 g/mol. The van der Waals surface area contributed by atoms with Crippen LogP contribution in [-0.2, 0) is 0 Å². The van der Waals surface area contributed by atoms with Crippen molar-refractivity contribution < 1.29 is 0 Å². The molecule has 0 amide bonds. The summed E-state index contributed by atoms with van der Waals surface area (Å²) in [7, 11) is 0. The van der Waals surface area contributed by atoms with E-state index in [0.29, 0.717) is 5.41 Å². The van der Waals surface area contributed by atoms with Gasteiger partial charge in [-0.3, -0.25) is 4.90 Å². The summed E-state index contributed by atoms with van der Waals surface area (Å²) in [5.74, 6) is 0.755. The second-order valence-electron chi connectivity index (χ2n) is 5.88. The summed E-state index contributed by atoms with van der Waals surface area (Å²) in [4.78, 5) is 2.68. The van der Waals surface area contributed by atoms with Gasteiger partial charge in [-0.15, -0.1) is 0 Å². The van der Waals surface area contributed by atoms with Crippen molar-refractivity contribution in [2.24, 2.45) is 11.3 Å². The molecule has 1 rings (SSSR count). The molecule has 2 nitrogen and oxygen atoms in total. The molecule has 0 radical (unpaired) electrons. The Hall–Kier alpha value is -0.0800. The molecule has 0 aliphatic carbocycles. The summed E-state index contributed by atoms with van der Waals surface area (Å²) in [6, 6.07) is 0.747. The molecule has 1 heterocycles. The Balaban J connectivity index is 2.54. The van der Waals surface area contributed by atoms with Gasteiger partial charge in [0.2, 0.25) is 0 Å². The summed E-state index contributed by atoms with van der Waals surface area (Å²) in [6.45, 7) is 16.5. The SMILES string of the molecule is CCC1CNCCN1CC(C)(C)C(C)C. The van der Waals surface area contributed by atoms with Crippen molar-refractivity contribution in [3.8, 4) is 0 Å². The van der Waals surface area contributed by atoms with Crippen LogP contribution in [0, 0.1) is 11.3 Å². The van der Waals surface area contributed by atoms with Crippen molar-refractivity contribution in [3.05, 3.63) is 0 Å². The number of nitrogens with one attached hydrogen (secondary N) is 1. The lowest BCUT2D eigenvalue weighted by Crippen LogP contribution is -2.54. The van der Waals surface area contributed by atoms with Crippen LogP contribution in [-0.4, -0.2) is 37.1 Å². The van der Waals surface area contributed by atoms with Gasteiger partial charge in [-0.1, -0.05) is 34.6 Å². The van der Waals surface area contributed by atoms with Crippen molar-refractivity contribution >= 4 is 0 Å². The zero-order valence-electron chi connectivity index (χ0n) is 11.1. The zero-order chi connectivity index (χ0) is 11.5. The largest absolute Gasteiger partial charge is 0.314 e. The van der Waals surface area contributed by atoms with Crippen LogP contribution >= 0.6 is 0 Å². The van der Waals surface area contributed by atoms with Crippen molar-refractivity contribution in [3.63, 3.8) is 0 Å². The third-order valence-electron chi connectivity index (χ3n) is 4.12. The third kappa shape index (κ3) is 3.46. The van der Waals surface area contributed by atoms with E-state index < -0.39 is 0 Å². The molecule has 0 saturated carbocycles. The summed E-state index contributed by atoms with van der Waals surface area (Å²) in [6.07, 6.45) is 1.27. The number of hydrogen-bond donors (Lipinski definition) is 1. The first-order chi connectivity index (χ1) is 6.97. The van der Waals surface area contributed by atoms with Crippen molar-refractivity contribution in [2.45, 2.75) is 47.1 Å². The zero-order valence-corrected chi connectivity index (χ0v) is 11.1. The van der Waals surface area contributed by atoms with Crippen LogP contribution in [0.2, 0.25) is 0 Å². The molecule has 0 aromatic carbocycles. The lowest BCUT2D eigenvalue weighted by molar-refractivity contribution is 0.0790. The highest BCUT2D eigenvalue weighted by molar-refractivity contribution is 4.84. The highest BCUT2D eigenvalue weighted by Crippen LogP contribution is 2.28. The van der Waals surface area contributed by atoms with Gasteiger partial charge in [0, 0.05) is 32.2 Å². The van der Waals surface area contributed by atoms with Gasteiger partial charge in [-0.05, 0) is 17.8 Å². The molecule has 2 heteroatoms. The average Bonchev–Trinajstić information content (AvgIpc) is 2.18. The molecule has 1 N–H and O–H groups in total. The van der Waals surface area contributed by atoms with E-state index in [1.807, 2.05) is 0 Å². The first kappa shape index (κ1) is 13.0. The Morgan fingerprint density at radius 1 is 1.40 bits per heavy atom. The molecule has 1 fully saturated rings. The summed E-state index contributed by atoms with van der Waals surface area (Å²) in [5, 5.41) is 3.49. The predicted molar refractivity (Wildman–Crippen MR) is 67.1 cm³/mol. The van der Waals surface area contributed by atoms with E-state index in [-0.39, 0.29) is 0 Å². The molecule has 1 aliphatic rings. The Morgan fingerprint density at radius 2 is 2.07 bits per heavy atom. The minimum Gasteiger partial charge on any atom is -0.314 e. The fraction of sp³-hybridized carbons (Fsp3) is 1.00. The van der Waals surface area contributed by atoms with E-state index >= 15 is 0 Å². The fourth-order valence-corrected chi connectivity index (χ4v) is 2.12. The first-order valence-electron chi connectivity index (χ1n) is 6.42. The van der Waals surface area contributed by atoms with Crippen molar-refractivity contribution in [1.82, 2.24) is 10.2 Å². The van der Waals surface area contributed by atoms with Crippen LogP contribution in [0.3, 0.4) is 0 Å². The topological polar surface area (TPSA) is 15.3 Å². The van der Waals surface area contributed by atoms with Crippen molar-refractivity contribution in [1.29, 1.82) is 0 Å². The maximum Gasteiger partial charge on any atom is 0.0218 e. The van der Waals surface area contributed by atoms with Gasteiger partial charge in [0.25, 0.3) is 0 Å². The summed E-state index contributed by atoms with van der Waals surface area (Å²) < 4.78 is 0. The van der Waals surface area contributed by atoms with E-state index in [9.17, 15) is 0 Å². The molecule has 0 bridgehead atoms. The summed E-state index contributed by atoms with van der Waals surface area (Å²) in [5.41, 5.74) is 0.435. The molecular weight excluding hydrogens is 184 g/mol. The van der Waals surface area contributed by atoms with Gasteiger partial charge in [-0.2, -0.15) is 0 Å². The maximum absolute atomic E-state index is 3.49.